The summed E-state index contributed by atoms with van der Waals surface area (Å²) >= 11 is 0. The van der Waals surface area contributed by atoms with Crippen LogP contribution in [0.15, 0.2) is 24.7 Å². The Balaban J connectivity index is 1.76. The Kier molecular flexibility index (Phi) is 5.67. The zero-order valence-corrected chi connectivity index (χ0v) is 17.2. The molecule has 4 rings (SSSR count). The standard InChI is InChI=1S/C19H23N7O5/c1-4-21-18(29)14-12(27)13(28)19(31-14)26-8-23-11-16(20-2)24-15(25-17(11)26)9-5-6-10(30-3)22-7-9/h5-8,12-14,19,27-28H,4H2,1-3H3,(H,21,29)(H,20,24,25). The number of nitrogens with zero attached hydrogens (tertiary/aromatic N) is 5. The van der Waals surface area contributed by atoms with Crippen molar-refractivity contribution in [2.24, 2.45) is 0 Å². The Bertz CT molecular complexity index is 1090. The maximum atomic E-state index is 12.2. The van der Waals surface area contributed by atoms with Gasteiger partial charge in [0.1, 0.15) is 12.2 Å². The average molecular weight is 429 g/mol. The molecule has 4 heterocycles. The van der Waals surface area contributed by atoms with Crippen LogP contribution in [0.4, 0.5) is 5.82 Å². The summed E-state index contributed by atoms with van der Waals surface area (Å²) < 4.78 is 12.3. The summed E-state index contributed by atoms with van der Waals surface area (Å²) in [5, 5.41) is 26.5. The summed E-state index contributed by atoms with van der Waals surface area (Å²) in [5.74, 6) is 0.776. The number of pyridine rings is 1. The molecular weight excluding hydrogens is 406 g/mol. The van der Waals surface area contributed by atoms with Crippen molar-refractivity contribution in [3.63, 3.8) is 0 Å². The topological polar surface area (TPSA) is 157 Å². The van der Waals surface area contributed by atoms with Crippen LogP contribution in [0.3, 0.4) is 0 Å². The summed E-state index contributed by atoms with van der Waals surface area (Å²) in [7, 11) is 3.23. The molecule has 12 heteroatoms. The van der Waals surface area contributed by atoms with E-state index in [4.69, 9.17) is 9.47 Å². The van der Waals surface area contributed by atoms with Gasteiger partial charge in [-0.1, -0.05) is 0 Å². The lowest BCUT2D eigenvalue weighted by atomic mass is 10.1. The number of aliphatic hydroxyl groups excluding tert-OH is 2. The molecule has 1 amide bonds. The highest BCUT2D eigenvalue weighted by Gasteiger charge is 2.47. The van der Waals surface area contributed by atoms with Crippen molar-refractivity contribution in [2.75, 3.05) is 26.0 Å². The number of carbonyl (C=O) groups excluding carboxylic acids is 1. The monoisotopic (exact) mass is 429 g/mol. The van der Waals surface area contributed by atoms with Crippen LogP contribution in [0, 0.1) is 0 Å². The van der Waals surface area contributed by atoms with Crippen LogP contribution in [0.1, 0.15) is 13.2 Å². The van der Waals surface area contributed by atoms with Crippen molar-refractivity contribution in [1.82, 2.24) is 29.8 Å². The molecule has 4 atom stereocenters. The predicted molar refractivity (Wildman–Crippen MR) is 109 cm³/mol. The molecule has 31 heavy (non-hydrogen) atoms. The molecular formula is C19H23N7O5. The van der Waals surface area contributed by atoms with E-state index in [1.165, 1.54) is 18.0 Å². The van der Waals surface area contributed by atoms with Crippen LogP contribution >= 0.6 is 0 Å². The van der Waals surface area contributed by atoms with Crippen LogP contribution < -0.4 is 15.4 Å². The van der Waals surface area contributed by atoms with Gasteiger partial charge in [0.15, 0.2) is 35.1 Å². The SMILES string of the molecule is CCNC(=O)C1OC(n2cnc3c(NC)nc(-c4ccc(OC)nc4)nc32)C(O)C1O. The zero-order valence-electron chi connectivity index (χ0n) is 17.2. The van der Waals surface area contributed by atoms with E-state index in [1.54, 1.807) is 32.3 Å². The lowest BCUT2D eigenvalue weighted by molar-refractivity contribution is -0.137. The van der Waals surface area contributed by atoms with E-state index in [0.29, 0.717) is 40.8 Å². The molecule has 3 aromatic heterocycles. The fraction of sp³-hybridized carbons (Fsp3) is 0.421. The van der Waals surface area contributed by atoms with E-state index in [1.807, 2.05) is 0 Å². The number of nitrogens with one attached hydrogen (secondary N) is 2. The third-order valence-corrected chi connectivity index (χ3v) is 4.98. The van der Waals surface area contributed by atoms with Crippen molar-refractivity contribution >= 4 is 22.9 Å². The number of likely N-dealkylation sites (N-methyl/N-ethyl adjacent to an activating group) is 1. The van der Waals surface area contributed by atoms with E-state index in [-0.39, 0.29) is 0 Å². The molecule has 1 saturated heterocycles. The summed E-state index contributed by atoms with van der Waals surface area (Å²) in [6, 6.07) is 3.46. The van der Waals surface area contributed by atoms with Crippen LogP contribution in [-0.2, 0) is 9.53 Å². The number of rotatable bonds is 6. The van der Waals surface area contributed by atoms with Gasteiger partial charge in [-0.3, -0.25) is 9.36 Å². The number of carbonyl (C=O) groups is 1. The molecule has 1 fully saturated rings. The van der Waals surface area contributed by atoms with Crippen LogP contribution in [0.5, 0.6) is 5.88 Å². The highest BCUT2D eigenvalue weighted by atomic mass is 16.6. The van der Waals surface area contributed by atoms with Crippen LogP contribution in [0.25, 0.3) is 22.6 Å². The molecule has 0 radical (unpaired) electrons. The van der Waals surface area contributed by atoms with Crippen LogP contribution in [0.2, 0.25) is 0 Å². The third-order valence-electron chi connectivity index (χ3n) is 4.98. The minimum atomic E-state index is -1.40. The smallest absolute Gasteiger partial charge is 0.252 e. The number of hydrogen-bond acceptors (Lipinski definition) is 10. The normalized spacial score (nSPS) is 23.1. The maximum absolute atomic E-state index is 12.2. The summed E-state index contributed by atoms with van der Waals surface area (Å²) in [4.78, 5) is 29.8. The summed E-state index contributed by atoms with van der Waals surface area (Å²) in [5.41, 5.74) is 1.44. The first kappa shape index (κ1) is 20.9. The van der Waals surface area contributed by atoms with Crippen molar-refractivity contribution < 1.29 is 24.5 Å². The summed E-state index contributed by atoms with van der Waals surface area (Å²) in [6.07, 6.45) is -2.02. The lowest BCUT2D eigenvalue weighted by Crippen LogP contribution is -2.42. The Morgan fingerprint density at radius 2 is 2.06 bits per heavy atom. The van der Waals surface area contributed by atoms with Gasteiger partial charge >= 0.3 is 0 Å². The number of amides is 1. The van der Waals surface area contributed by atoms with Gasteiger partial charge in [0.05, 0.1) is 13.4 Å². The van der Waals surface area contributed by atoms with Gasteiger partial charge in [0.25, 0.3) is 5.91 Å². The Morgan fingerprint density at radius 1 is 1.26 bits per heavy atom. The van der Waals surface area contributed by atoms with E-state index < -0.39 is 30.4 Å². The molecule has 4 N–H and O–H groups in total. The molecule has 0 saturated carbocycles. The summed E-state index contributed by atoms with van der Waals surface area (Å²) in [6.45, 7) is 2.13. The molecule has 164 valence electrons. The minimum absolute atomic E-state index is 0.359. The third kappa shape index (κ3) is 3.65. The number of aromatic nitrogens is 5. The van der Waals surface area contributed by atoms with Gasteiger partial charge in [0.2, 0.25) is 5.88 Å². The van der Waals surface area contributed by atoms with Gasteiger partial charge in [0, 0.05) is 31.4 Å². The first-order valence-electron chi connectivity index (χ1n) is 9.70. The van der Waals surface area contributed by atoms with Crippen molar-refractivity contribution in [2.45, 2.75) is 31.5 Å². The minimum Gasteiger partial charge on any atom is -0.481 e. The molecule has 12 nitrogen and oxygen atoms in total. The number of anilines is 1. The van der Waals surface area contributed by atoms with E-state index in [2.05, 4.69) is 30.6 Å². The number of hydrogen-bond donors (Lipinski definition) is 4. The van der Waals surface area contributed by atoms with Crippen molar-refractivity contribution in [3.05, 3.63) is 24.7 Å². The predicted octanol–water partition coefficient (Wildman–Crippen LogP) is -0.306. The largest absolute Gasteiger partial charge is 0.481 e. The molecule has 0 aromatic carbocycles. The number of methoxy groups -OCH3 is 1. The van der Waals surface area contributed by atoms with Gasteiger partial charge in [-0.2, -0.15) is 0 Å². The first-order chi connectivity index (χ1) is 15.0. The van der Waals surface area contributed by atoms with Crippen molar-refractivity contribution in [1.29, 1.82) is 0 Å². The average Bonchev–Trinajstić information content (AvgIpc) is 3.34. The molecule has 3 aromatic rings. The number of imidazole rings is 1. The molecule has 1 aliphatic rings. The fourth-order valence-electron chi connectivity index (χ4n) is 3.42. The maximum Gasteiger partial charge on any atom is 0.252 e. The second-order valence-corrected chi connectivity index (χ2v) is 6.88. The van der Waals surface area contributed by atoms with Gasteiger partial charge in [-0.05, 0) is 13.0 Å². The van der Waals surface area contributed by atoms with E-state index >= 15 is 0 Å². The highest BCUT2D eigenvalue weighted by Crippen LogP contribution is 2.33. The first-order valence-corrected chi connectivity index (χ1v) is 9.70. The Morgan fingerprint density at radius 3 is 2.71 bits per heavy atom. The second-order valence-electron chi connectivity index (χ2n) is 6.88. The Labute approximate surface area is 177 Å². The van der Waals surface area contributed by atoms with Crippen molar-refractivity contribution in [3.8, 4) is 17.3 Å². The number of fused-ring (bicyclic) bond motifs is 1. The van der Waals surface area contributed by atoms with Crippen LogP contribution in [-0.4, -0.2) is 79.6 Å². The van der Waals surface area contributed by atoms with E-state index in [9.17, 15) is 15.0 Å². The highest BCUT2D eigenvalue weighted by molar-refractivity contribution is 5.85. The zero-order chi connectivity index (χ0) is 22.1. The lowest BCUT2D eigenvalue weighted by Gasteiger charge is -2.17. The molecule has 0 bridgehead atoms. The number of ether oxygens (including phenoxy) is 2. The molecule has 0 aliphatic carbocycles. The quantitative estimate of drug-likeness (QED) is 0.410. The second kappa shape index (κ2) is 8.41. The van der Waals surface area contributed by atoms with E-state index in [0.717, 1.165) is 0 Å². The molecule has 0 spiro atoms. The fourth-order valence-corrected chi connectivity index (χ4v) is 3.42. The van der Waals surface area contributed by atoms with Gasteiger partial charge in [-0.25, -0.2) is 19.9 Å². The molecule has 4 unspecified atom stereocenters. The number of aliphatic hydroxyl groups is 2. The van der Waals surface area contributed by atoms with Gasteiger partial charge in [-0.15, -0.1) is 0 Å². The molecule has 1 aliphatic heterocycles. The van der Waals surface area contributed by atoms with Gasteiger partial charge < -0.3 is 30.3 Å². The Hall–Kier alpha value is -3.35.